The Morgan fingerprint density at radius 3 is 2.31 bits per heavy atom. The van der Waals surface area contributed by atoms with Crippen LogP contribution in [-0.2, 0) is 9.84 Å². The summed E-state index contributed by atoms with van der Waals surface area (Å²) in [6, 6.07) is 16.7. The number of amides is 1. The van der Waals surface area contributed by atoms with Crippen molar-refractivity contribution in [2.45, 2.75) is 10.1 Å². The minimum absolute atomic E-state index is 0.0754. The van der Waals surface area contributed by atoms with Gasteiger partial charge >= 0.3 is 0 Å². The second-order valence-corrected chi connectivity index (χ2v) is 8.69. The summed E-state index contributed by atoms with van der Waals surface area (Å²) >= 11 is 1.32. The summed E-state index contributed by atoms with van der Waals surface area (Å²) in [5.74, 6) is -0.889. The average molecular weight is 389 g/mol. The lowest BCUT2D eigenvalue weighted by Gasteiger charge is -2.17. The highest BCUT2D eigenvalue weighted by molar-refractivity contribution is 7.91. The summed E-state index contributed by atoms with van der Waals surface area (Å²) in [5, 5.41) is 3.55. The van der Waals surface area contributed by atoms with Gasteiger partial charge in [0.25, 0.3) is 5.91 Å². The van der Waals surface area contributed by atoms with Crippen LogP contribution >= 0.6 is 11.3 Å². The normalized spacial score (nSPS) is 12.5. The van der Waals surface area contributed by atoms with Crippen LogP contribution in [0.1, 0.15) is 20.5 Å². The lowest BCUT2D eigenvalue weighted by molar-refractivity contribution is 0.0953. The molecule has 2 aromatic carbocycles. The number of sulfone groups is 1. The third-order valence-electron chi connectivity index (χ3n) is 3.86. The molecule has 1 atom stereocenters. The van der Waals surface area contributed by atoms with E-state index in [0.717, 1.165) is 0 Å². The quantitative estimate of drug-likeness (QED) is 0.697. The van der Waals surface area contributed by atoms with Crippen LogP contribution in [0.3, 0.4) is 0 Å². The molecule has 0 radical (unpaired) electrons. The minimum atomic E-state index is -3.67. The van der Waals surface area contributed by atoms with Crippen molar-refractivity contribution in [1.29, 1.82) is 0 Å². The fraction of sp³-hybridized carbons (Fsp3) is 0.105. The molecule has 7 heteroatoms. The second kappa shape index (κ2) is 7.80. The number of benzene rings is 2. The van der Waals surface area contributed by atoms with Crippen LogP contribution in [0.5, 0.6) is 0 Å². The smallest absolute Gasteiger partial charge is 0.251 e. The Balaban J connectivity index is 1.84. The molecule has 1 aromatic heterocycles. The van der Waals surface area contributed by atoms with Crippen molar-refractivity contribution in [3.63, 3.8) is 0 Å². The molecule has 1 N–H and O–H groups in total. The second-order valence-electron chi connectivity index (χ2n) is 5.58. The molecule has 0 saturated carbocycles. The summed E-state index contributed by atoms with van der Waals surface area (Å²) in [6.07, 6.45) is 0. The standard InChI is InChI=1S/C19H16FNO3S2/c20-15-10-8-14(9-11-15)19(22)21-13-18(17-7-4-12-25-17)26(23,24)16-5-2-1-3-6-16/h1-12,18H,13H2,(H,21,22)/t18-/m1/s1. The van der Waals surface area contributed by atoms with Crippen molar-refractivity contribution in [3.8, 4) is 0 Å². The molecule has 0 saturated heterocycles. The Kier molecular flexibility index (Phi) is 5.49. The Labute approximate surface area is 155 Å². The highest BCUT2D eigenvalue weighted by Crippen LogP contribution is 2.31. The summed E-state index contributed by atoms with van der Waals surface area (Å²) in [4.78, 5) is 13.1. The van der Waals surface area contributed by atoms with Gasteiger partial charge in [-0.05, 0) is 47.8 Å². The minimum Gasteiger partial charge on any atom is -0.350 e. The van der Waals surface area contributed by atoms with Gasteiger partial charge in [0.15, 0.2) is 9.84 Å². The molecule has 26 heavy (non-hydrogen) atoms. The van der Waals surface area contributed by atoms with E-state index in [1.54, 1.807) is 35.7 Å². The number of carbonyl (C=O) groups excluding carboxylic acids is 1. The number of thiophene rings is 1. The molecule has 1 heterocycles. The summed E-state index contributed by atoms with van der Waals surface area (Å²) in [7, 11) is -3.67. The van der Waals surface area contributed by atoms with E-state index in [4.69, 9.17) is 0 Å². The van der Waals surface area contributed by atoms with Crippen molar-refractivity contribution < 1.29 is 17.6 Å². The maximum absolute atomic E-state index is 13.0. The lowest BCUT2D eigenvalue weighted by atomic mass is 10.2. The number of nitrogens with one attached hydrogen (secondary N) is 1. The fourth-order valence-electron chi connectivity index (χ4n) is 2.50. The Bertz CT molecular complexity index is 969. The van der Waals surface area contributed by atoms with E-state index in [0.29, 0.717) is 4.88 Å². The average Bonchev–Trinajstić information content (AvgIpc) is 3.17. The molecule has 3 aromatic rings. The van der Waals surface area contributed by atoms with E-state index in [1.807, 2.05) is 0 Å². The molecule has 0 bridgehead atoms. The Morgan fingerprint density at radius 2 is 1.69 bits per heavy atom. The van der Waals surface area contributed by atoms with Gasteiger partial charge in [0, 0.05) is 17.0 Å². The first-order valence-electron chi connectivity index (χ1n) is 7.84. The van der Waals surface area contributed by atoms with Gasteiger partial charge in [0.2, 0.25) is 0 Å². The first-order chi connectivity index (χ1) is 12.5. The monoisotopic (exact) mass is 389 g/mol. The first-order valence-corrected chi connectivity index (χ1v) is 10.3. The molecule has 3 rings (SSSR count). The SMILES string of the molecule is O=C(NC[C@H](c1cccs1)S(=O)(=O)c1ccccc1)c1ccc(F)cc1. The molecule has 134 valence electrons. The number of carbonyl (C=O) groups is 1. The molecule has 0 aliphatic carbocycles. The maximum Gasteiger partial charge on any atom is 0.251 e. The topological polar surface area (TPSA) is 63.2 Å². The third kappa shape index (κ3) is 4.00. The number of rotatable bonds is 6. The predicted octanol–water partition coefficient (Wildman–Crippen LogP) is 3.83. The highest BCUT2D eigenvalue weighted by Gasteiger charge is 2.30. The van der Waals surface area contributed by atoms with E-state index < -0.39 is 26.8 Å². The summed E-state index contributed by atoms with van der Waals surface area (Å²) < 4.78 is 39.0. The molecular weight excluding hydrogens is 373 g/mol. The molecule has 0 unspecified atom stereocenters. The maximum atomic E-state index is 13.0. The van der Waals surface area contributed by atoms with Gasteiger partial charge < -0.3 is 5.32 Å². The van der Waals surface area contributed by atoms with Gasteiger partial charge in [0.1, 0.15) is 11.1 Å². The Morgan fingerprint density at radius 1 is 1.00 bits per heavy atom. The Hall–Kier alpha value is -2.51. The van der Waals surface area contributed by atoms with Crippen LogP contribution in [-0.4, -0.2) is 20.9 Å². The van der Waals surface area contributed by atoms with Crippen LogP contribution < -0.4 is 5.32 Å². The molecule has 1 amide bonds. The summed E-state index contributed by atoms with van der Waals surface area (Å²) in [5.41, 5.74) is 0.272. The van der Waals surface area contributed by atoms with Crippen LogP contribution in [0.25, 0.3) is 0 Å². The number of halogens is 1. The van der Waals surface area contributed by atoms with Crippen molar-refractivity contribution in [2.75, 3.05) is 6.54 Å². The van der Waals surface area contributed by atoms with Crippen molar-refractivity contribution >= 4 is 27.1 Å². The van der Waals surface area contributed by atoms with Gasteiger partial charge in [-0.1, -0.05) is 24.3 Å². The van der Waals surface area contributed by atoms with E-state index in [2.05, 4.69) is 5.32 Å². The van der Waals surface area contributed by atoms with Crippen molar-refractivity contribution in [3.05, 3.63) is 88.4 Å². The number of hydrogen-bond acceptors (Lipinski definition) is 4. The van der Waals surface area contributed by atoms with Gasteiger partial charge in [-0.3, -0.25) is 4.79 Å². The van der Waals surface area contributed by atoms with Gasteiger partial charge in [-0.2, -0.15) is 0 Å². The van der Waals surface area contributed by atoms with E-state index in [9.17, 15) is 17.6 Å². The fourth-order valence-corrected chi connectivity index (χ4v) is 5.31. The van der Waals surface area contributed by atoms with Crippen molar-refractivity contribution in [1.82, 2.24) is 5.32 Å². The van der Waals surface area contributed by atoms with Crippen LogP contribution in [0.15, 0.2) is 77.0 Å². The summed E-state index contributed by atoms with van der Waals surface area (Å²) in [6.45, 7) is -0.0754. The third-order valence-corrected chi connectivity index (χ3v) is 7.10. The van der Waals surface area contributed by atoms with E-state index in [1.165, 1.54) is 47.7 Å². The number of hydrogen-bond donors (Lipinski definition) is 1. The zero-order valence-corrected chi connectivity index (χ0v) is 15.3. The van der Waals surface area contributed by atoms with E-state index >= 15 is 0 Å². The first kappa shape index (κ1) is 18.3. The predicted molar refractivity (Wildman–Crippen MR) is 99.4 cm³/mol. The van der Waals surface area contributed by atoms with Crippen LogP contribution in [0, 0.1) is 5.82 Å². The molecule has 0 fully saturated rings. The highest BCUT2D eigenvalue weighted by atomic mass is 32.2. The van der Waals surface area contributed by atoms with Crippen LogP contribution in [0.4, 0.5) is 4.39 Å². The van der Waals surface area contributed by atoms with Gasteiger partial charge in [0.05, 0.1) is 4.90 Å². The zero-order valence-electron chi connectivity index (χ0n) is 13.6. The van der Waals surface area contributed by atoms with E-state index in [-0.39, 0.29) is 17.0 Å². The molecule has 0 aliphatic heterocycles. The lowest BCUT2D eigenvalue weighted by Crippen LogP contribution is -2.31. The van der Waals surface area contributed by atoms with Crippen LogP contribution in [0.2, 0.25) is 0 Å². The molecule has 0 spiro atoms. The molecular formula is C19H16FNO3S2. The largest absolute Gasteiger partial charge is 0.350 e. The molecule has 0 aliphatic rings. The van der Waals surface area contributed by atoms with Crippen molar-refractivity contribution in [2.24, 2.45) is 0 Å². The molecule has 4 nitrogen and oxygen atoms in total. The zero-order chi connectivity index (χ0) is 18.6. The van der Waals surface area contributed by atoms with Gasteiger partial charge in [-0.15, -0.1) is 11.3 Å². The van der Waals surface area contributed by atoms with Gasteiger partial charge in [-0.25, -0.2) is 12.8 Å².